The third-order valence-electron chi connectivity index (χ3n) is 2.59. The van der Waals surface area contributed by atoms with Crippen molar-refractivity contribution in [3.63, 3.8) is 0 Å². The Kier molecular flexibility index (Phi) is 3.69. The standard InChI is InChI=1S/C10H15N3OS/c14-10(8-1-3-11-5-8)12-4-2-9-6-15-7-13-9/h6-8,11H,1-5H2,(H,12,14). The van der Waals surface area contributed by atoms with E-state index in [1.807, 2.05) is 10.9 Å². The molecule has 0 saturated carbocycles. The van der Waals surface area contributed by atoms with Crippen LogP contribution in [0.3, 0.4) is 0 Å². The van der Waals surface area contributed by atoms with E-state index in [1.54, 1.807) is 11.3 Å². The first-order valence-corrected chi connectivity index (χ1v) is 6.16. The van der Waals surface area contributed by atoms with Gasteiger partial charge in [-0.15, -0.1) is 11.3 Å². The largest absolute Gasteiger partial charge is 0.355 e. The third kappa shape index (κ3) is 3.00. The summed E-state index contributed by atoms with van der Waals surface area (Å²) < 4.78 is 0. The summed E-state index contributed by atoms with van der Waals surface area (Å²) in [7, 11) is 0. The number of carbonyl (C=O) groups excluding carboxylic acids is 1. The van der Waals surface area contributed by atoms with Crippen molar-refractivity contribution in [2.45, 2.75) is 12.8 Å². The van der Waals surface area contributed by atoms with Gasteiger partial charge in [-0.25, -0.2) is 4.98 Å². The second-order valence-electron chi connectivity index (χ2n) is 3.71. The number of aromatic nitrogens is 1. The normalized spacial score (nSPS) is 20.4. The number of nitrogens with zero attached hydrogens (tertiary/aromatic N) is 1. The van der Waals surface area contributed by atoms with E-state index >= 15 is 0 Å². The Bertz CT molecular complexity index is 306. The van der Waals surface area contributed by atoms with Crippen LogP contribution < -0.4 is 10.6 Å². The van der Waals surface area contributed by atoms with E-state index in [9.17, 15) is 4.79 Å². The first-order valence-electron chi connectivity index (χ1n) is 5.22. The molecule has 1 atom stereocenters. The minimum atomic E-state index is 0.167. The Hall–Kier alpha value is -0.940. The van der Waals surface area contributed by atoms with Gasteiger partial charge in [0, 0.05) is 24.9 Å². The first kappa shape index (κ1) is 10.6. The Morgan fingerprint density at radius 2 is 2.67 bits per heavy atom. The molecule has 5 heteroatoms. The average molecular weight is 225 g/mol. The second kappa shape index (κ2) is 5.23. The number of carbonyl (C=O) groups is 1. The number of amides is 1. The summed E-state index contributed by atoms with van der Waals surface area (Å²) in [6.07, 6.45) is 1.79. The van der Waals surface area contributed by atoms with Crippen LogP contribution in [-0.2, 0) is 11.2 Å². The monoisotopic (exact) mass is 225 g/mol. The zero-order valence-corrected chi connectivity index (χ0v) is 9.35. The van der Waals surface area contributed by atoms with Gasteiger partial charge < -0.3 is 10.6 Å². The number of hydrogen-bond acceptors (Lipinski definition) is 4. The molecule has 1 aromatic heterocycles. The van der Waals surface area contributed by atoms with Crippen LogP contribution in [0.1, 0.15) is 12.1 Å². The molecule has 0 spiro atoms. The lowest BCUT2D eigenvalue weighted by atomic mass is 10.1. The van der Waals surface area contributed by atoms with Crippen LogP contribution in [-0.4, -0.2) is 30.5 Å². The molecule has 1 saturated heterocycles. The molecule has 15 heavy (non-hydrogen) atoms. The van der Waals surface area contributed by atoms with Gasteiger partial charge >= 0.3 is 0 Å². The lowest BCUT2D eigenvalue weighted by molar-refractivity contribution is -0.124. The quantitative estimate of drug-likeness (QED) is 0.780. The summed E-state index contributed by atoms with van der Waals surface area (Å²) in [5.41, 5.74) is 2.88. The van der Waals surface area contributed by atoms with Crippen LogP contribution in [0.25, 0.3) is 0 Å². The number of nitrogens with one attached hydrogen (secondary N) is 2. The molecule has 0 radical (unpaired) electrons. The SMILES string of the molecule is O=C(NCCc1cscn1)C1CCNC1. The van der Waals surface area contributed by atoms with Gasteiger partial charge in [0.15, 0.2) is 0 Å². The highest BCUT2D eigenvalue weighted by molar-refractivity contribution is 7.07. The fourth-order valence-electron chi connectivity index (χ4n) is 1.70. The highest BCUT2D eigenvalue weighted by Gasteiger charge is 2.21. The van der Waals surface area contributed by atoms with Crippen LogP contribution in [0.4, 0.5) is 0 Å². The van der Waals surface area contributed by atoms with E-state index in [1.165, 1.54) is 0 Å². The van der Waals surface area contributed by atoms with Gasteiger partial charge in [-0.05, 0) is 13.0 Å². The van der Waals surface area contributed by atoms with E-state index in [2.05, 4.69) is 15.6 Å². The molecule has 2 N–H and O–H groups in total. The van der Waals surface area contributed by atoms with Crippen molar-refractivity contribution in [2.24, 2.45) is 5.92 Å². The van der Waals surface area contributed by atoms with E-state index < -0.39 is 0 Å². The maximum atomic E-state index is 11.6. The molecule has 2 heterocycles. The fourth-order valence-corrected chi connectivity index (χ4v) is 2.29. The van der Waals surface area contributed by atoms with Crippen LogP contribution in [0.5, 0.6) is 0 Å². The van der Waals surface area contributed by atoms with E-state index in [0.29, 0.717) is 6.54 Å². The molecule has 1 aliphatic heterocycles. The first-order chi connectivity index (χ1) is 7.36. The molecule has 1 aliphatic rings. The topological polar surface area (TPSA) is 54.0 Å². The Balaban J connectivity index is 1.67. The van der Waals surface area contributed by atoms with Crippen molar-refractivity contribution in [2.75, 3.05) is 19.6 Å². The van der Waals surface area contributed by atoms with Gasteiger partial charge in [0.1, 0.15) is 0 Å². The van der Waals surface area contributed by atoms with Crippen LogP contribution in [0.2, 0.25) is 0 Å². The summed E-state index contributed by atoms with van der Waals surface area (Å²) >= 11 is 1.59. The maximum Gasteiger partial charge on any atom is 0.224 e. The molecule has 2 rings (SSSR count). The smallest absolute Gasteiger partial charge is 0.224 e. The highest BCUT2D eigenvalue weighted by Crippen LogP contribution is 2.07. The maximum absolute atomic E-state index is 11.6. The van der Waals surface area contributed by atoms with Gasteiger partial charge in [-0.2, -0.15) is 0 Å². The Labute approximate surface area is 93.1 Å². The van der Waals surface area contributed by atoms with Gasteiger partial charge in [-0.1, -0.05) is 0 Å². The molecule has 1 aromatic rings. The van der Waals surface area contributed by atoms with Crippen molar-refractivity contribution in [3.05, 3.63) is 16.6 Å². The molecule has 1 fully saturated rings. The summed E-state index contributed by atoms with van der Waals surface area (Å²) in [5.74, 6) is 0.343. The van der Waals surface area contributed by atoms with Crippen molar-refractivity contribution in [1.29, 1.82) is 0 Å². The lowest BCUT2D eigenvalue weighted by Gasteiger charge is -2.08. The molecule has 1 unspecified atom stereocenters. The van der Waals surface area contributed by atoms with Gasteiger partial charge in [0.2, 0.25) is 5.91 Å². The van der Waals surface area contributed by atoms with Crippen molar-refractivity contribution >= 4 is 17.2 Å². The highest BCUT2D eigenvalue weighted by atomic mass is 32.1. The fraction of sp³-hybridized carbons (Fsp3) is 0.600. The van der Waals surface area contributed by atoms with E-state index in [0.717, 1.165) is 31.6 Å². The second-order valence-corrected chi connectivity index (χ2v) is 4.43. The lowest BCUT2D eigenvalue weighted by Crippen LogP contribution is -2.33. The van der Waals surface area contributed by atoms with Crippen LogP contribution in [0.15, 0.2) is 10.9 Å². The summed E-state index contributed by atoms with van der Waals surface area (Å²) in [6, 6.07) is 0. The summed E-state index contributed by atoms with van der Waals surface area (Å²) in [5, 5.41) is 8.15. The van der Waals surface area contributed by atoms with Gasteiger partial charge in [-0.3, -0.25) is 4.79 Å². The molecule has 0 aliphatic carbocycles. The van der Waals surface area contributed by atoms with Crippen molar-refractivity contribution in [1.82, 2.24) is 15.6 Å². The molecule has 1 amide bonds. The van der Waals surface area contributed by atoms with Crippen molar-refractivity contribution < 1.29 is 4.79 Å². The molecular weight excluding hydrogens is 210 g/mol. The molecule has 0 aromatic carbocycles. The predicted molar refractivity (Wildman–Crippen MR) is 59.8 cm³/mol. The minimum Gasteiger partial charge on any atom is -0.355 e. The molecule has 0 bridgehead atoms. The number of rotatable bonds is 4. The predicted octanol–water partition coefficient (Wildman–Crippen LogP) is 0.411. The zero-order valence-electron chi connectivity index (χ0n) is 8.53. The van der Waals surface area contributed by atoms with Crippen LogP contribution in [0, 0.1) is 5.92 Å². The molecule has 82 valence electrons. The Morgan fingerprint density at radius 1 is 1.73 bits per heavy atom. The van der Waals surface area contributed by atoms with Gasteiger partial charge in [0.25, 0.3) is 0 Å². The van der Waals surface area contributed by atoms with Crippen LogP contribution >= 0.6 is 11.3 Å². The van der Waals surface area contributed by atoms with Gasteiger partial charge in [0.05, 0.1) is 17.1 Å². The third-order valence-corrected chi connectivity index (χ3v) is 3.23. The zero-order chi connectivity index (χ0) is 10.5. The molecule has 4 nitrogen and oxygen atoms in total. The number of thiazole rings is 1. The average Bonchev–Trinajstić information content (AvgIpc) is 2.90. The van der Waals surface area contributed by atoms with Crippen molar-refractivity contribution in [3.8, 4) is 0 Å². The van der Waals surface area contributed by atoms with E-state index in [4.69, 9.17) is 0 Å². The van der Waals surface area contributed by atoms with E-state index in [-0.39, 0.29) is 11.8 Å². The molecular formula is C10H15N3OS. The summed E-state index contributed by atoms with van der Waals surface area (Å²) in [6.45, 7) is 2.48. The Morgan fingerprint density at radius 3 is 3.33 bits per heavy atom. The minimum absolute atomic E-state index is 0.167. The summed E-state index contributed by atoms with van der Waals surface area (Å²) in [4.78, 5) is 15.8. The number of hydrogen-bond donors (Lipinski definition) is 2.